The highest BCUT2D eigenvalue weighted by atomic mass is 19.3. The Kier molecular flexibility index (Phi) is 7.18. The van der Waals surface area contributed by atoms with Gasteiger partial charge in [0.15, 0.2) is 17.9 Å². The molecule has 1 saturated carbocycles. The summed E-state index contributed by atoms with van der Waals surface area (Å²) in [5, 5.41) is 0. The molecular formula is C28H24F6O3. The standard InChI is InChI=1S/C28H24F6O3/c29-22-10-9-21(13-23(22)30)37-28(33,34)26-24(31)11-19(12-25(26)32)17-5-7-18(8-6-17)27-35-14-20(15-36-27)16-3-1-2-4-16/h5-13,16,20,27H,1-4,14-15H2. The molecule has 37 heavy (non-hydrogen) atoms. The highest BCUT2D eigenvalue weighted by Crippen LogP contribution is 2.39. The van der Waals surface area contributed by atoms with Gasteiger partial charge in [0.25, 0.3) is 0 Å². The maximum atomic E-state index is 14.7. The molecule has 5 rings (SSSR count). The quantitative estimate of drug-likeness (QED) is 0.308. The molecule has 1 saturated heterocycles. The summed E-state index contributed by atoms with van der Waals surface area (Å²) in [5.41, 5.74) is -0.491. The molecule has 0 atom stereocenters. The Bertz CT molecular complexity index is 1230. The van der Waals surface area contributed by atoms with E-state index >= 15 is 0 Å². The molecule has 0 radical (unpaired) electrons. The van der Waals surface area contributed by atoms with Crippen LogP contribution in [0.5, 0.6) is 5.75 Å². The second-order valence-electron chi connectivity index (χ2n) is 9.43. The zero-order chi connectivity index (χ0) is 26.2. The second-order valence-corrected chi connectivity index (χ2v) is 9.43. The van der Waals surface area contributed by atoms with E-state index in [0.717, 1.165) is 23.8 Å². The minimum atomic E-state index is -4.48. The third-order valence-electron chi connectivity index (χ3n) is 6.98. The van der Waals surface area contributed by atoms with Crippen LogP contribution in [0, 0.1) is 35.1 Å². The highest BCUT2D eigenvalue weighted by molar-refractivity contribution is 5.64. The molecule has 0 unspecified atom stereocenters. The van der Waals surface area contributed by atoms with Gasteiger partial charge >= 0.3 is 6.11 Å². The summed E-state index contributed by atoms with van der Waals surface area (Å²) in [5.74, 6) is -5.60. The lowest BCUT2D eigenvalue weighted by Gasteiger charge is -2.32. The van der Waals surface area contributed by atoms with Gasteiger partial charge in [-0.25, -0.2) is 17.6 Å². The maximum absolute atomic E-state index is 14.7. The molecule has 0 bridgehead atoms. The molecular weight excluding hydrogens is 498 g/mol. The molecule has 0 spiro atoms. The van der Waals surface area contributed by atoms with E-state index in [1.807, 2.05) is 0 Å². The minimum absolute atomic E-state index is 0.0284. The van der Waals surface area contributed by atoms with E-state index in [9.17, 15) is 26.3 Å². The second kappa shape index (κ2) is 10.4. The maximum Gasteiger partial charge on any atom is 0.432 e. The van der Waals surface area contributed by atoms with Crippen LogP contribution in [0.2, 0.25) is 0 Å². The first-order valence-corrected chi connectivity index (χ1v) is 12.1. The monoisotopic (exact) mass is 522 g/mol. The summed E-state index contributed by atoms with van der Waals surface area (Å²) in [4.78, 5) is 0. The van der Waals surface area contributed by atoms with Gasteiger partial charge < -0.3 is 14.2 Å². The van der Waals surface area contributed by atoms with Crippen molar-refractivity contribution >= 4 is 0 Å². The van der Waals surface area contributed by atoms with E-state index in [1.54, 1.807) is 24.3 Å². The Morgan fingerprint density at radius 1 is 0.676 bits per heavy atom. The van der Waals surface area contributed by atoms with Crippen LogP contribution in [0.15, 0.2) is 54.6 Å². The van der Waals surface area contributed by atoms with Gasteiger partial charge in [0.1, 0.15) is 22.9 Å². The fraction of sp³-hybridized carbons (Fsp3) is 0.357. The van der Waals surface area contributed by atoms with Crippen molar-refractivity contribution in [3.63, 3.8) is 0 Å². The average molecular weight is 522 g/mol. The van der Waals surface area contributed by atoms with E-state index in [1.165, 1.54) is 25.7 Å². The molecule has 3 nitrogen and oxygen atoms in total. The van der Waals surface area contributed by atoms with Crippen LogP contribution in [0.4, 0.5) is 26.3 Å². The van der Waals surface area contributed by atoms with Crippen molar-refractivity contribution in [2.45, 2.75) is 38.1 Å². The normalized spacial score (nSPS) is 20.8. The van der Waals surface area contributed by atoms with E-state index in [0.29, 0.717) is 42.7 Å². The summed E-state index contributed by atoms with van der Waals surface area (Å²) < 4.78 is 101. The van der Waals surface area contributed by atoms with E-state index in [2.05, 4.69) is 4.74 Å². The molecule has 0 N–H and O–H groups in total. The number of hydrogen-bond acceptors (Lipinski definition) is 3. The number of alkyl halides is 2. The van der Waals surface area contributed by atoms with Crippen LogP contribution in [0.25, 0.3) is 11.1 Å². The fourth-order valence-corrected chi connectivity index (χ4v) is 5.00. The minimum Gasteiger partial charge on any atom is -0.429 e. The van der Waals surface area contributed by atoms with Crippen molar-refractivity contribution in [1.29, 1.82) is 0 Å². The van der Waals surface area contributed by atoms with Crippen molar-refractivity contribution in [1.82, 2.24) is 0 Å². The smallest absolute Gasteiger partial charge is 0.429 e. The Hall–Kier alpha value is -3.04. The summed E-state index contributed by atoms with van der Waals surface area (Å²) >= 11 is 0. The Morgan fingerprint density at radius 3 is 1.89 bits per heavy atom. The van der Waals surface area contributed by atoms with Crippen LogP contribution < -0.4 is 4.74 Å². The van der Waals surface area contributed by atoms with Gasteiger partial charge in [-0.15, -0.1) is 0 Å². The number of halogens is 6. The van der Waals surface area contributed by atoms with Gasteiger partial charge in [-0.2, -0.15) is 8.78 Å². The fourth-order valence-electron chi connectivity index (χ4n) is 5.00. The van der Waals surface area contributed by atoms with Crippen molar-refractivity contribution < 1.29 is 40.6 Å². The Balaban J connectivity index is 1.29. The zero-order valence-electron chi connectivity index (χ0n) is 19.7. The first kappa shape index (κ1) is 25.6. The van der Waals surface area contributed by atoms with E-state index in [4.69, 9.17) is 9.47 Å². The van der Waals surface area contributed by atoms with Crippen LogP contribution >= 0.6 is 0 Å². The third kappa shape index (κ3) is 5.48. The molecule has 3 aromatic carbocycles. The number of hydrogen-bond donors (Lipinski definition) is 0. The van der Waals surface area contributed by atoms with Gasteiger partial charge in [0, 0.05) is 17.5 Å². The van der Waals surface area contributed by atoms with Crippen LogP contribution in [0.3, 0.4) is 0 Å². The molecule has 9 heteroatoms. The van der Waals surface area contributed by atoms with E-state index in [-0.39, 0.29) is 5.56 Å². The van der Waals surface area contributed by atoms with Gasteiger partial charge in [0.2, 0.25) is 0 Å². The Morgan fingerprint density at radius 2 is 1.30 bits per heavy atom. The van der Waals surface area contributed by atoms with E-state index < -0.39 is 47.0 Å². The van der Waals surface area contributed by atoms with Gasteiger partial charge in [-0.3, -0.25) is 0 Å². The molecule has 0 aromatic heterocycles. The first-order chi connectivity index (χ1) is 17.7. The van der Waals surface area contributed by atoms with Crippen LogP contribution in [-0.4, -0.2) is 13.2 Å². The molecule has 0 amide bonds. The molecule has 1 heterocycles. The van der Waals surface area contributed by atoms with Crippen molar-refractivity contribution in [3.05, 3.63) is 89.0 Å². The van der Waals surface area contributed by atoms with Crippen molar-refractivity contribution in [2.75, 3.05) is 13.2 Å². The summed E-state index contributed by atoms with van der Waals surface area (Å²) in [6, 6.07) is 9.75. The Labute approximate surface area is 210 Å². The predicted octanol–water partition coefficient (Wildman–Crippen LogP) is 7.89. The van der Waals surface area contributed by atoms with Gasteiger partial charge in [0.05, 0.1) is 13.2 Å². The van der Waals surface area contributed by atoms with Gasteiger partial charge in [-0.1, -0.05) is 49.9 Å². The summed E-state index contributed by atoms with van der Waals surface area (Å²) in [7, 11) is 0. The van der Waals surface area contributed by atoms with Gasteiger partial charge in [-0.05, 0) is 41.3 Å². The highest BCUT2D eigenvalue weighted by Gasteiger charge is 2.41. The van der Waals surface area contributed by atoms with Crippen molar-refractivity contribution in [3.8, 4) is 16.9 Å². The lowest BCUT2D eigenvalue weighted by atomic mass is 9.91. The molecule has 3 aromatic rings. The third-order valence-corrected chi connectivity index (χ3v) is 6.98. The lowest BCUT2D eigenvalue weighted by molar-refractivity contribution is -0.212. The number of rotatable bonds is 6. The zero-order valence-corrected chi connectivity index (χ0v) is 19.7. The molecule has 1 aliphatic heterocycles. The first-order valence-electron chi connectivity index (χ1n) is 12.1. The summed E-state index contributed by atoms with van der Waals surface area (Å²) in [6.07, 6.45) is -0.140. The molecule has 1 aliphatic carbocycles. The summed E-state index contributed by atoms with van der Waals surface area (Å²) in [6.45, 7) is 1.21. The predicted molar refractivity (Wildman–Crippen MR) is 123 cm³/mol. The molecule has 2 fully saturated rings. The topological polar surface area (TPSA) is 27.7 Å². The SMILES string of the molecule is Fc1ccc(OC(F)(F)c2c(F)cc(-c3ccc(C4OCC(C5CCCC5)CO4)cc3)cc2F)cc1F. The average Bonchev–Trinajstić information content (AvgIpc) is 3.41. The molecule has 2 aliphatic rings. The van der Waals surface area contributed by atoms with Crippen LogP contribution in [0.1, 0.15) is 43.1 Å². The largest absolute Gasteiger partial charge is 0.432 e. The van der Waals surface area contributed by atoms with Crippen molar-refractivity contribution in [2.24, 2.45) is 11.8 Å². The lowest BCUT2D eigenvalue weighted by Crippen LogP contribution is -2.31. The number of benzene rings is 3. The van der Waals surface area contributed by atoms with Crippen LogP contribution in [-0.2, 0) is 15.6 Å². The molecule has 196 valence electrons. The number of ether oxygens (including phenoxy) is 3.